The number of hydrogen-bond donors (Lipinski definition) is 1. The zero-order valence-corrected chi connectivity index (χ0v) is 9.81. The van der Waals surface area contributed by atoms with Crippen molar-refractivity contribution in [2.24, 2.45) is 0 Å². The summed E-state index contributed by atoms with van der Waals surface area (Å²) < 4.78 is 5.60. The van der Waals surface area contributed by atoms with Crippen molar-refractivity contribution in [3.05, 3.63) is 47.2 Å². The third kappa shape index (κ3) is 1.96. The van der Waals surface area contributed by atoms with Crippen molar-refractivity contribution in [2.45, 2.75) is 32.4 Å². The summed E-state index contributed by atoms with van der Waals surface area (Å²) in [7, 11) is 0. The van der Waals surface area contributed by atoms with Crippen LogP contribution in [0.3, 0.4) is 0 Å². The Hall–Kier alpha value is -1.68. The van der Waals surface area contributed by atoms with Gasteiger partial charge in [-0.2, -0.15) is 0 Å². The highest BCUT2D eigenvalue weighted by atomic mass is 16.4. The van der Waals surface area contributed by atoms with Gasteiger partial charge in [0.05, 0.1) is 6.04 Å². The summed E-state index contributed by atoms with van der Waals surface area (Å²) in [5.41, 5.74) is 2.73. The molecule has 1 aliphatic rings. The number of nitrogens with zero attached hydrogens (tertiary/aromatic N) is 2. The molecule has 0 saturated carbocycles. The fourth-order valence-electron chi connectivity index (χ4n) is 2.18. The number of benzene rings is 1. The number of fused-ring (bicyclic) bond motifs is 1. The molecular formula is C13H15N3O. The van der Waals surface area contributed by atoms with Gasteiger partial charge >= 0.3 is 0 Å². The van der Waals surface area contributed by atoms with Gasteiger partial charge in [-0.1, -0.05) is 31.2 Å². The number of hydrogen-bond acceptors (Lipinski definition) is 4. The molecule has 1 aromatic heterocycles. The zero-order valence-electron chi connectivity index (χ0n) is 9.81. The normalized spacial score (nSPS) is 19.0. The predicted molar refractivity (Wildman–Crippen MR) is 63.4 cm³/mol. The van der Waals surface area contributed by atoms with E-state index in [0.717, 1.165) is 19.4 Å². The molecule has 2 aromatic rings. The van der Waals surface area contributed by atoms with E-state index in [9.17, 15) is 0 Å². The Kier molecular flexibility index (Phi) is 2.65. The second kappa shape index (κ2) is 4.30. The van der Waals surface area contributed by atoms with Crippen LogP contribution in [0.1, 0.15) is 35.9 Å². The van der Waals surface area contributed by atoms with Crippen molar-refractivity contribution in [3.63, 3.8) is 0 Å². The van der Waals surface area contributed by atoms with Crippen molar-refractivity contribution in [3.8, 4) is 0 Å². The fraction of sp³-hybridized carbons (Fsp3) is 0.385. The number of aromatic nitrogens is 2. The summed E-state index contributed by atoms with van der Waals surface area (Å²) in [6.07, 6.45) is 1.71. The van der Waals surface area contributed by atoms with Crippen molar-refractivity contribution < 1.29 is 4.42 Å². The summed E-state index contributed by atoms with van der Waals surface area (Å²) in [4.78, 5) is 0. The van der Waals surface area contributed by atoms with Crippen LogP contribution in [0.4, 0.5) is 0 Å². The van der Waals surface area contributed by atoms with Crippen molar-refractivity contribution in [2.75, 3.05) is 0 Å². The number of aryl methyl sites for hydroxylation is 1. The molecule has 4 nitrogen and oxygen atoms in total. The second-order valence-electron chi connectivity index (χ2n) is 4.29. The van der Waals surface area contributed by atoms with Gasteiger partial charge in [-0.15, -0.1) is 10.2 Å². The first-order valence-corrected chi connectivity index (χ1v) is 5.99. The van der Waals surface area contributed by atoms with Gasteiger partial charge in [-0.3, -0.25) is 0 Å². The lowest BCUT2D eigenvalue weighted by Crippen LogP contribution is -2.28. The van der Waals surface area contributed by atoms with Gasteiger partial charge in [-0.25, -0.2) is 0 Å². The molecular weight excluding hydrogens is 214 g/mol. The van der Waals surface area contributed by atoms with E-state index in [-0.39, 0.29) is 6.04 Å². The molecule has 4 heteroatoms. The molecule has 1 aromatic carbocycles. The van der Waals surface area contributed by atoms with E-state index in [1.165, 1.54) is 11.1 Å². The average molecular weight is 229 g/mol. The van der Waals surface area contributed by atoms with Gasteiger partial charge in [-0.05, 0) is 17.5 Å². The van der Waals surface area contributed by atoms with Crippen LogP contribution in [-0.4, -0.2) is 10.2 Å². The molecule has 0 spiro atoms. The van der Waals surface area contributed by atoms with Crippen LogP contribution < -0.4 is 5.32 Å². The second-order valence-corrected chi connectivity index (χ2v) is 4.29. The molecule has 1 atom stereocenters. The van der Waals surface area contributed by atoms with Crippen molar-refractivity contribution in [1.82, 2.24) is 15.5 Å². The van der Waals surface area contributed by atoms with E-state index >= 15 is 0 Å². The first kappa shape index (κ1) is 10.5. The first-order chi connectivity index (χ1) is 8.36. The van der Waals surface area contributed by atoms with Gasteiger partial charge in [0, 0.05) is 13.0 Å². The maximum atomic E-state index is 5.60. The number of rotatable bonds is 2. The summed E-state index contributed by atoms with van der Waals surface area (Å²) >= 11 is 0. The van der Waals surface area contributed by atoms with Crippen LogP contribution in [0.2, 0.25) is 0 Å². The zero-order chi connectivity index (χ0) is 11.7. The quantitative estimate of drug-likeness (QED) is 0.856. The molecule has 0 bridgehead atoms. The lowest BCUT2D eigenvalue weighted by molar-refractivity contribution is 0.367. The molecule has 2 heterocycles. The Balaban J connectivity index is 1.84. The molecule has 1 aliphatic heterocycles. The highest BCUT2D eigenvalue weighted by Gasteiger charge is 2.23. The van der Waals surface area contributed by atoms with E-state index in [1.54, 1.807) is 0 Å². The van der Waals surface area contributed by atoms with Gasteiger partial charge < -0.3 is 9.73 Å². The smallest absolute Gasteiger partial charge is 0.233 e. The van der Waals surface area contributed by atoms with Crippen LogP contribution in [-0.2, 0) is 19.4 Å². The van der Waals surface area contributed by atoms with Crippen LogP contribution in [0.5, 0.6) is 0 Å². The minimum atomic E-state index is 0.151. The van der Waals surface area contributed by atoms with Gasteiger partial charge in [0.15, 0.2) is 0 Å². The van der Waals surface area contributed by atoms with E-state index in [2.05, 4.69) is 39.8 Å². The third-order valence-corrected chi connectivity index (χ3v) is 3.16. The Labute approximate surface area is 100 Å². The molecule has 1 N–H and O–H groups in total. The molecule has 17 heavy (non-hydrogen) atoms. The molecule has 3 rings (SSSR count). The molecule has 0 radical (unpaired) electrons. The predicted octanol–water partition coefficient (Wildman–Crippen LogP) is 2.02. The van der Waals surface area contributed by atoms with Crippen LogP contribution >= 0.6 is 0 Å². The Morgan fingerprint density at radius 3 is 2.88 bits per heavy atom. The van der Waals surface area contributed by atoms with Crippen molar-refractivity contribution >= 4 is 0 Å². The van der Waals surface area contributed by atoms with Gasteiger partial charge in [0.2, 0.25) is 11.8 Å². The van der Waals surface area contributed by atoms with E-state index in [0.29, 0.717) is 11.8 Å². The molecule has 0 saturated heterocycles. The fourth-order valence-corrected chi connectivity index (χ4v) is 2.18. The van der Waals surface area contributed by atoms with Gasteiger partial charge in [0.25, 0.3) is 0 Å². The summed E-state index contributed by atoms with van der Waals surface area (Å²) in [5, 5.41) is 11.5. The Morgan fingerprint density at radius 2 is 2.12 bits per heavy atom. The topological polar surface area (TPSA) is 51.0 Å². The molecule has 0 amide bonds. The van der Waals surface area contributed by atoms with E-state index in [4.69, 9.17) is 4.42 Å². The monoisotopic (exact) mass is 229 g/mol. The lowest BCUT2D eigenvalue weighted by atomic mass is 9.96. The maximum Gasteiger partial charge on any atom is 0.233 e. The molecule has 1 unspecified atom stereocenters. The SMILES string of the molecule is CCc1nnc(C2Cc3ccccc3CN2)o1. The molecule has 0 aliphatic carbocycles. The van der Waals surface area contributed by atoms with Crippen LogP contribution in [0.25, 0.3) is 0 Å². The average Bonchev–Trinajstić information content (AvgIpc) is 2.87. The van der Waals surface area contributed by atoms with Crippen LogP contribution in [0, 0.1) is 0 Å². The lowest BCUT2D eigenvalue weighted by Gasteiger charge is -2.23. The Bertz CT molecular complexity index is 521. The minimum Gasteiger partial charge on any atom is -0.424 e. The minimum absolute atomic E-state index is 0.151. The van der Waals surface area contributed by atoms with Crippen molar-refractivity contribution in [1.29, 1.82) is 0 Å². The summed E-state index contributed by atoms with van der Waals surface area (Å²) in [5.74, 6) is 1.41. The maximum absolute atomic E-state index is 5.60. The Morgan fingerprint density at radius 1 is 1.29 bits per heavy atom. The van der Waals surface area contributed by atoms with E-state index in [1.807, 2.05) is 6.92 Å². The van der Waals surface area contributed by atoms with Crippen LogP contribution in [0.15, 0.2) is 28.7 Å². The highest BCUT2D eigenvalue weighted by molar-refractivity contribution is 5.30. The molecule has 88 valence electrons. The third-order valence-electron chi connectivity index (χ3n) is 3.16. The number of nitrogens with one attached hydrogen (secondary N) is 1. The molecule has 0 fully saturated rings. The standard InChI is InChI=1S/C13H15N3O/c1-2-12-15-16-13(17-12)11-7-9-5-3-4-6-10(9)8-14-11/h3-6,11,14H,2,7-8H2,1H3. The van der Waals surface area contributed by atoms with E-state index < -0.39 is 0 Å². The van der Waals surface area contributed by atoms with Gasteiger partial charge in [0.1, 0.15) is 0 Å². The summed E-state index contributed by atoms with van der Waals surface area (Å²) in [6, 6.07) is 8.62. The largest absolute Gasteiger partial charge is 0.424 e. The highest BCUT2D eigenvalue weighted by Crippen LogP contribution is 2.24. The summed E-state index contributed by atoms with van der Waals surface area (Å²) in [6.45, 7) is 2.88. The first-order valence-electron chi connectivity index (χ1n) is 5.99.